The molecular weight excluding hydrogens is 236 g/mol. The monoisotopic (exact) mass is 256 g/mol. The van der Waals surface area contributed by atoms with Gasteiger partial charge in [-0.3, -0.25) is 0 Å². The van der Waals surface area contributed by atoms with E-state index in [0.29, 0.717) is 18.2 Å². The number of hydrogen-bond acceptors (Lipinski definition) is 3. The molecule has 0 saturated carbocycles. The molecular formula is C13H21ClN2O. The Labute approximate surface area is 109 Å². The van der Waals surface area contributed by atoms with Crippen LogP contribution in [-0.4, -0.2) is 38.7 Å². The van der Waals surface area contributed by atoms with Crippen LogP contribution < -0.4 is 10.5 Å². The van der Waals surface area contributed by atoms with Crippen LogP contribution in [0.4, 0.5) is 0 Å². The van der Waals surface area contributed by atoms with Gasteiger partial charge in [0, 0.05) is 6.54 Å². The summed E-state index contributed by atoms with van der Waals surface area (Å²) in [5.74, 6) is 0.756. The van der Waals surface area contributed by atoms with Gasteiger partial charge in [0.25, 0.3) is 0 Å². The highest BCUT2D eigenvalue weighted by Gasteiger charge is 2.03. The lowest BCUT2D eigenvalue weighted by Crippen LogP contribution is -2.15. The molecule has 1 aromatic carbocycles. The largest absolute Gasteiger partial charge is 0.492 e. The highest BCUT2D eigenvalue weighted by molar-refractivity contribution is 6.32. The molecule has 4 heteroatoms. The van der Waals surface area contributed by atoms with E-state index in [1.807, 2.05) is 18.2 Å². The third-order valence-corrected chi connectivity index (χ3v) is 2.73. The Hall–Kier alpha value is -0.770. The number of benzene rings is 1. The van der Waals surface area contributed by atoms with Crippen LogP contribution in [0, 0.1) is 0 Å². The molecule has 0 saturated heterocycles. The van der Waals surface area contributed by atoms with Crippen LogP contribution in [0.15, 0.2) is 18.2 Å². The zero-order chi connectivity index (χ0) is 12.7. The molecule has 0 unspecified atom stereocenters. The fourth-order valence-corrected chi connectivity index (χ4v) is 1.80. The molecule has 0 atom stereocenters. The number of nitrogens with two attached hydrogens (primary N) is 1. The SMILES string of the molecule is CN(C)CCCOc1ccc(CCN)cc1Cl. The summed E-state index contributed by atoms with van der Waals surface area (Å²) >= 11 is 6.13. The van der Waals surface area contributed by atoms with Crippen LogP contribution >= 0.6 is 11.6 Å². The van der Waals surface area contributed by atoms with Crippen LogP contribution in [-0.2, 0) is 6.42 Å². The summed E-state index contributed by atoms with van der Waals surface area (Å²) in [6.45, 7) is 2.34. The molecule has 1 aromatic rings. The zero-order valence-electron chi connectivity index (χ0n) is 10.6. The molecule has 2 N–H and O–H groups in total. The van der Waals surface area contributed by atoms with Crippen molar-refractivity contribution in [3.63, 3.8) is 0 Å². The number of hydrogen-bond donors (Lipinski definition) is 1. The molecule has 0 aliphatic rings. The molecule has 0 aromatic heterocycles. The molecule has 17 heavy (non-hydrogen) atoms. The predicted molar refractivity (Wildman–Crippen MR) is 72.9 cm³/mol. The highest BCUT2D eigenvalue weighted by atomic mass is 35.5. The van der Waals surface area contributed by atoms with Crippen molar-refractivity contribution in [2.45, 2.75) is 12.8 Å². The van der Waals surface area contributed by atoms with E-state index < -0.39 is 0 Å². The minimum atomic E-state index is 0.638. The first kappa shape index (κ1) is 14.3. The van der Waals surface area contributed by atoms with Gasteiger partial charge in [-0.05, 0) is 51.2 Å². The fraction of sp³-hybridized carbons (Fsp3) is 0.538. The Balaban J connectivity index is 2.43. The highest BCUT2D eigenvalue weighted by Crippen LogP contribution is 2.25. The lowest BCUT2D eigenvalue weighted by Gasteiger charge is -2.11. The van der Waals surface area contributed by atoms with Crippen LogP contribution in [0.25, 0.3) is 0 Å². The molecule has 0 amide bonds. The maximum absolute atomic E-state index is 6.13. The third kappa shape index (κ3) is 5.39. The van der Waals surface area contributed by atoms with E-state index >= 15 is 0 Å². The second kappa shape index (κ2) is 7.54. The van der Waals surface area contributed by atoms with Crippen molar-refractivity contribution in [3.05, 3.63) is 28.8 Å². The van der Waals surface area contributed by atoms with Crippen molar-refractivity contribution in [2.24, 2.45) is 5.73 Å². The van der Waals surface area contributed by atoms with Crippen molar-refractivity contribution < 1.29 is 4.74 Å². The van der Waals surface area contributed by atoms with Crippen LogP contribution in [0.3, 0.4) is 0 Å². The summed E-state index contributed by atoms with van der Waals surface area (Å²) in [7, 11) is 4.10. The van der Waals surface area contributed by atoms with E-state index in [-0.39, 0.29) is 0 Å². The van der Waals surface area contributed by atoms with E-state index in [0.717, 1.165) is 30.7 Å². The van der Waals surface area contributed by atoms with Crippen molar-refractivity contribution >= 4 is 11.6 Å². The number of nitrogens with zero attached hydrogens (tertiary/aromatic N) is 1. The first-order valence-corrected chi connectivity index (χ1v) is 6.27. The number of rotatable bonds is 7. The van der Waals surface area contributed by atoms with Gasteiger partial charge in [0.05, 0.1) is 11.6 Å². The van der Waals surface area contributed by atoms with Gasteiger partial charge < -0.3 is 15.4 Å². The smallest absolute Gasteiger partial charge is 0.137 e. The van der Waals surface area contributed by atoms with E-state index in [9.17, 15) is 0 Å². The number of halogens is 1. The Morgan fingerprint density at radius 1 is 1.35 bits per heavy atom. The first-order chi connectivity index (χ1) is 8.13. The molecule has 0 aliphatic carbocycles. The quantitative estimate of drug-likeness (QED) is 0.760. The molecule has 3 nitrogen and oxygen atoms in total. The average Bonchev–Trinajstić information content (AvgIpc) is 2.27. The van der Waals surface area contributed by atoms with Crippen LogP contribution in [0.5, 0.6) is 5.75 Å². The van der Waals surface area contributed by atoms with E-state index in [4.69, 9.17) is 22.1 Å². The predicted octanol–water partition coefficient (Wildman–Crippen LogP) is 2.17. The topological polar surface area (TPSA) is 38.5 Å². The maximum Gasteiger partial charge on any atom is 0.137 e. The summed E-state index contributed by atoms with van der Waals surface area (Å²) in [4.78, 5) is 2.13. The molecule has 1 rings (SSSR count). The van der Waals surface area contributed by atoms with Gasteiger partial charge in [0.15, 0.2) is 0 Å². The maximum atomic E-state index is 6.13. The second-order valence-electron chi connectivity index (χ2n) is 4.31. The van der Waals surface area contributed by atoms with Gasteiger partial charge in [-0.15, -0.1) is 0 Å². The van der Waals surface area contributed by atoms with Crippen LogP contribution in [0.2, 0.25) is 5.02 Å². The molecule has 0 aliphatic heterocycles. The van der Waals surface area contributed by atoms with E-state index in [1.54, 1.807) is 0 Å². The Morgan fingerprint density at radius 3 is 2.71 bits per heavy atom. The van der Waals surface area contributed by atoms with Gasteiger partial charge in [-0.1, -0.05) is 17.7 Å². The molecule has 0 fully saturated rings. The van der Waals surface area contributed by atoms with Gasteiger partial charge >= 0.3 is 0 Å². The van der Waals surface area contributed by atoms with Gasteiger partial charge in [-0.2, -0.15) is 0 Å². The van der Waals surface area contributed by atoms with Gasteiger partial charge in [0.1, 0.15) is 5.75 Å². The Morgan fingerprint density at radius 2 is 2.12 bits per heavy atom. The first-order valence-electron chi connectivity index (χ1n) is 5.89. The minimum absolute atomic E-state index is 0.638. The van der Waals surface area contributed by atoms with Crippen molar-refractivity contribution in [1.82, 2.24) is 4.90 Å². The van der Waals surface area contributed by atoms with Crippen molar-refractivity contribution in [3.8, 4) is 5.75 Å². The summed E-state index contributed by atoms with van der Waals surface area (Å²) in [5.41, 5.74) is 6.65. The zero-order valence-corrected chi connectivity index (χ0v) is 11.3. The minimum Gasteiger partial charge on any atom is -0.492 e. The van der Waals surface area contributed by atoms with Gasteiger partial charge in [0.2, 0.25) is 0 Å². The van der Waals surface area contributed by atoms with Crippen molar-refractivity contribution in [1.29, 1.82) is 0 Å². The van der Waals surface area contributed by atoms with E-state index in [2.05, 4.69) is 19.0 Å². The fourth-order valence-electron chi connectivity index (χ4n) is 1.55. The number of ether oxygens (including phenoxy) is 1. The molecule has 0 bridgehead atoms. The van der Waals surface area contributed by atoms with E-state index in [1.165, 1.54) is 0 Å². The third-order valence-electron chi connectivity index (χ3n) is 2.44. The summed E-state index contributed by atoms with van der Waals surface area (Å²) < 4.78 is 5.63. The summed E-state index contributed by atoms with van der Waals surface area (Å²) in [6.07, 6.45) is 1.84. The average molecular weight is 257 g/mol. The summed E-state index contributed by atoms with van der Waals surface area (Å²) in [5, 5.41) is 0.667. The molecule has 0 spiro atoms. The Bertz CT molecular complexity index is 342. The molecule has 0 heterocycles. The Kier molecular flexibility index (Phi) is 6.34. The molecule has 96 valence electrons. The summed E-state index contributed by atoms with van der Waals surface area (Å²) in [6, 6.07) is 5.86. The lowest BCUT2D eigenvalue weighted by molar-refractivity contribution is 0.281. The van der Waals surface area contributed by atoms with Crippen molar-refractivity contribution in [2.75, 3.05) is 33.8 Å². The standard InChI is InChI=1S/C13H21ClN2O/c1-16(2)8-3-9-17-13-5-4-11(6-7-15)10-12(13)14/h4-5,10H,3,6-9,15H2,1-2H3. The molecule has 0 radical (unpaired) electrons. The van der Waals surface area contributed by atoms with Crippen LogP contribution in [0.1, 0.15) is 12.0 Å². The normalized spacial score (nSPS) is 10.9. The second-order valence-corrected chi connectivity index (χ2v) is 4.72. The van der Waals surface area contributed by atoms with Gasteiger partial charge in [-0.25, -0.2) is 0 Å². The lowest BCUT2D eigenvalue weighted by atomic mass is 10.1.